The fourth-order valence-corrected chi connectivity index (χ4v) is 2.39. The third-order valence-corrected chi connectivity index (χ3v) is 3.47. The van der Waals surface area contributed by atoms with Gasteiger partial charge in [0.15, 0.2) is 0 Å². The highest BCUT2D eigenvalue weighted by Crippen LogP contribution is 2.25. The van der Waals surface area contributed by atoms with E-state index in [1.165, 1.54) is 12.3 Å². The van der Waals surface area contributed by atoms with Crippen molar-refractivity contribution in [1.82, 2.24) is 9.97 Å². The zero-order valence-corrected chi connectivity index (χ0v) is 12.6. The van der Waals surface area contributed by atoms with E-state index in [2.05, 4.69) is 21.0 Å². The molecule has 3 heterocycles. The van der Waals surface area contributed by atoms with E-state index in [1.807, 2.05) is 26.0 Å². The van der Waals surface area contributed by atoms with Crippen LogP contribution in [0.4, 0.5) is 4.39 Å². The molecule has 0 spiro atoms. The number of aliphatic imine (C=N–C) groups is 1. The first-order chi connectivity index (χ1) is 10.6. The van der Waals surface area contributed by atoms with Crippen LogP contribution in [-0.4, -0.2) is 22.8 Å². The van der Waals surface area contributed by atoms with Gasteiger partial charge in [0.25, 0.3) is 0 Å². The summed E-state index contributed by atoms with van der Waals surface area (Å²) >= 11 is 0. The summed E-state index contributed by atoms with van der Waals surface area (Å²) in [7, 11) is 1.61. The van der Waals surface area contributed by atoms with Crippen LogP contribution in [0.25, 0.3) is 6.08 Å². The van der Waals surface area contributed by atoms with Crippen LogP contribution >= 0.6 is 0 Å². The highest BCUT2D eigenvalue weighted by molar-refractivity contribution is 6.11. The van der Waals surface area contributed by atoms with Crippen molar-refractivity contribution in [2.75, 3.05) is 7.11 Å². The summed E-state index contributed by atoms with van der Waals surface area (Å²) in [6, 6.07) is 5.04. The Balaban J connectivity index is 2.00. The van der Waals surface area contributed by atoms with Crippen LogP contribution in [0.3, 0.4) is 0 Å². The normalized spacial score (nSPS) is 15.9. The average Bonchev–Trinajstić information content (AvgIpc) is 3.03. The summed E-state index contributed by atoms with van der Waals surface area (Å²) in [6.07, 6.45) is 5.23. The summed E-state index contributed by atoms with van der Waals surface area (Å²) in [5.74, 6) is 0.164. The number of pyridine rings is 1. The van der Waals surface area contributed by atoms with E-state index >= 15 is 0 Å². The van der Waals surface area contributed by atoms with Gasteiger partial charge >= 0.3 is 0 Å². The molecule has 2 aromatic rings. The van der Waals surface area contributed by atoms with Gasteiger partial charge in [-0.1, -0.05) is 0 Å². The lowest BCUT2D eigenvalue weighted by molar-refractivity contribution is 0.303. The van der Waals surface area contributed by atoms with Crippen molar-refractivity contribution in [3.05, 3.63) is 70.4 Å². The van der Waals surface area contributed by atoms with E-state index < -0.39 is 5.95 Å². The standard InChI is InChI=1S/C17H16FN3O/c1-10-6-11(2)20-13(10)7-15-16(22-3)8-14(21-15)12-4-5-17(18)19-9-12/h4-9,20H,1-3H3/b15-7-. The average molecular weight is 297 g/mol. The molecule has 3 rings (SSSR count). The van der Waals surface area contributed by atoms with Gasteiger partial charge in [0, 0.05) is 29.2 Å². The van der Waals surface area contributed by atoms with Crippen molar-refractivity contribution in [3.63, 3.8) is 0 Å². The second kappa shape index (κ2) is 5.60. The molecule has 0 unspecified atom stereocenters. The van der Waals surface area contributed by atoms with Crippen LogP contribution in [0.5, 0.6) is 0 Å². The molecule has 0 radical (unpaired) electrons. The number of ether oxygens (including phenoxy) is 1. The number of aromatic nitrogens is 2. The Morgan fingerprint density at radius 2 is 2.09 bits per heavy atom. The van der Waals surface area contributed by atoms with Crippen molar-refractivity contribution >= 4 is 11.8 Å². The van der Waals surface area contributed by atoms with Crippen LogP contribution in [0.1, 0.15) is 22.5 Å². The number of nitrogens with one attached hydrogen (secondary N) is 1. The lowest BCUT2D eigenvalue weighted by Crippen LogP contribution is -1.95. The molecule has 0 bridgehead atoms. The fourth-order valence-electron chi connectivity index (χ4n) is 2.39. The molecular weight excluding hydrogens is 281 g/mol. The van der Waals surface area contributed by atoms with Gasteiger partial charge in [0.05, 0.1) is 12.8 Å². The molecule has 0 saturated heterocycles. The van der Waals surface area contributed by atoms with E-state index in [0.717, 1.165) is 28.2 Å². The maximum Gasteiger partial charge on any atom is 0.212 e. The van der Waals surface area contributed by atoms with E-state index in [1.54, 1.807) is 13.2 Å². The first kappa shape index (κ1) is 14.3. The molecule has 0 saturated carbocycles. The summed E-state index contributed by atoms with van der Waals surface area (Å²) in [4.78, 5) is 11.5. The number of aromatic amines is 1. The molecule has 0 aliphatic carbocycles. The van der Waals surface area contributed by atoms with Crippen LogP contribution in [0, 0.1) is 19.8 Å². The minimum absolute atomic E-state index is 0.508. The molecule has 0 aromatic carbocycles. The second-order valence-corrected chi connectivity index (χ2v) is 5.16. The zero-order valence-electron chi connectivity index (χ0n) is 12.6. The summed E-state index contributed by atoms with van der Waals surface area (Å²) < 4.78 is 18.3. The lowest BCUT2D eigenvalue weighted by Gasteiger charge is -2.01. The monoisotopic (exact) mass is 297 g/mol. The third-order valence-electron chi connectivity index (χ3n) is 3.47. The number of allylic oxidation sites excluding steroid dienone is 1. The number of aryl methyl sites for hydroxylation is 2. The van der Waals surface area contributed by atoms with Crippen LogP contribution in [0.15, 0.2) is 46.9 Å². The van der Waals surface area contributed by atoms with Gasteiger partial charge in [-0.25, -0.2) is 9.98 Å². The van der Waals surface area contributed by atoms with E-state index in [4.69, 9.17) is 4.74 Å². The molecule has 4 nitrogen and oxygen atoms in total. The Labute approximate surface area is 128 Å². The fraction of sp³-hybridized carbons (Fsp3) is 0.176. The van der Waals surface area contributed by atoms with Gasteiger partial charge in [-0.3, -0.25) is 0 Å². The number of methoxy groups -OCH3 is 1. The summed E-state index contributed by atoms with van der Waals surface area (Å²) in [5.41, 5.74) is 5.42. The largest absolute Gasteiger partial charge is 0.494 e. The first-order valence-electron chi connectivity index (χ1n) is 6.91. The Morgan fingerprint density at radius 3 is 2.68 bits per heavy atom. The van der Waals surface area contributed by atoms with E-state index in [9.17, 15) is 4.39 Å². The predicted octanol–water partition coefficient (Wildman–Crippen LogP) is 3.54. The number of nitrogens with zero attached hydrogens (tertiary/aromatic N) is 2. The molecule has 0 atom stereocenters. The van der Waals surface area contributed by atoms with Crippen molar-refractivity contribution in [2.45, 2.75) is 13.8 Å². The van der Waals surface area contributed by atoms with Crippen LogP contribution < -0.4 is 0 Å². The van der Waals surface area contributed by atoms with Crippen LogP contribution in [0.2, 0.25) is 0 Å². The van der Waals surface area contributed by atoms with Gasteiger partial charge < -0.3 is 9.72 Å². The molecular formula is C17H16FN3O. The number of hydrogen-bond acceptors (Lipinski definition) is 3. The van der Waals surface area contributed by atoms with Gasteiger partial charge in [0.2, 0.25) is 5.95 Å². The van der Waals surface area contributed by atoms with Gasteiger partial charge in [-0.05, 0) is 43.7 Å². The maximum atomic E-state index is 12.9. The smallest absolute Gasteiger partial charge is 0.212 e. The van der Waals surface area contributed by atoms with Crippen molar-refractivity contribution in [2.24, 2.45) is 4.99 Å². The topological polar surface area (TPSA) is 50.3 Å². The molecule has 0 fully saturated rings. The Hall–Kier alpha value is -2.69. The third kappa shape index (κ3) is 2.70. The Bertz CT molecular complexity index is 798. The second-order valence-electron chi connectivity index (χ2n) is 5.16. The minimum atomic E-state index is -0.508. The molecule has 1 aliphatic heterocycles. The number of rotatable bonds is 3. The summed E-state index contributed by atoms with van der Waals surface area (Å²) in [6.45, 7) is 4.05. The zero-order chi connectivity index (χ0) is 15.7. The predicted molar refractivity (Wildman–Crippen MR) is 84.1 cm³/mol. The van der Waals surface area contributed by atoms with E-state index in [0.29, 0.717) is 11.5 Å². The minimum Gasteiger partial charge on any atom is -0.494 e. The van der Waals surface area contributed by atoms with Gasteiger partial charge in [-0.15, -0.1) is 0 Å². The molecule has 0 amide bonds. The highest BCUT2D eigenvalue weighted by atomic mass is 19.1. The summed E-state index contributed by atoms with van der Waals surface area (Å²) in [5, 5.41) is 0. The SMILES string of the molecule is COC1=CC(c2ccc(F)nc2)=N/C1=C\c1[nH]c(C)cc1C. The van der Waals surface area contributed by atoms with Gasteiger partial charge in [-0.2, -0.15) is 4.39 Å². The number of halogens is 1. The maximum absolute atomic E-state index is 12.9. The Morgan fingerprint density at radius 1 is 1.27 bits per heavy atom. The number of hydrogen-bond donors (Lipinski definition) is 1. The Kier molecular flexibility index (Phi) is 3.63. The molecule has 1 N–H and O–H groups in total. The molecule has 22 heavy (non-hydrogen) atoms. The van der Waals surface area contributed by atoms with Crippen molar-refractivity contribution < 1.29 is 9.13 Å². The van der Waals surface area contributed by atoms with Crippen molar-refractivity contribution in [3.8, 4) is 0 Å². The van der Waals surface area contributed by atoms with Crippen molar-refractivity contribution in [1.29, 1.82) is 0 Å². The quantitative estimate of drug-likeness (QED) is 0.881. The molecule has 5 heteroatoms. The van der Waals surface area contributed by atoms with Gasteiger partial charge in [0.1, 0.15) is 11.5 Å². The first-order valence-corrected chi connectivity index (χ1v) is 6.91. The molecule has 2 aromatic heterocycles. The lowest BCUT2D eigenvalue weighted by atomic mass is 10.2. The van der Waals surface area contributed by atoms with Crippen LogP contribution in [-0.2, 0) is 4.74 Å². The molecule has 1 aliphatic rings. The molecule has 112 valence electrons. The number of H-pyrrole nitrogens is 1. The van der Waals surface area contributed by atoms with E-state index in [-0.39, 0.29) is 0 Å². The highest BCUT2D eigenvalue weighted by Gasteiger charge is 2.17.